The quantitative estimate of drug-likeness (QED) is 0.623. The van der Waals surface area contributed by atoms with Crippen LogP contribution in [0.2, 0.25) is 0 Å². The second kappa shape index (κ2) is 3.96. The highest BCUT2D eigenvalue weighted by atomic mass is 32.1. The fourth-order valence-corrected chi connectivity index (χ4v) is 2.23. The highest BCUT2D eigenvalue weighted by molar-refractivity contribution is 7.73. The van der Waals surface area contributed by atoms with Crippen LogP contribution in [0.3, 0.4) is 0 Å². The number of aromatic nitrogens is 1. The highest BCUT2D eigenvalue weighted by Crippen LogP contribution is 2.24. The number of H-pyrrole nitrogens is 1. The zero-order valence-electron chi connectivity index (χ0n) is 7.56. The van der Waals surface area contributed by atoms with E-state index in [4.69, 9.17) is 12.2 Å². The van der Waals surface area contributed by atoms with Crippen LogP contribution in [0.4, 0.5) is 0 Å². The number of rotatable bonds is 2. The zero-order chi connectivity index (χ0) is 10.8. The Morgan fingerprint density at radius 1 is 1.33 bits per heavy atom. The predicted octanol–water partition coefficient (Wildman–Crippen LogP) is 2.74. The van der Waals surface area contributed by atoms with Gasteiger partial charge in [0.25, 0.3) is 0 Å². The molecule has 0 spiro atoms. The molecule has 5 heteroatoms. The summed E-state index contributed by atoms with van der Waals surface area (Å²) in [6.07, 6.45) is 0. The largest absolute Gasteiger partial charge is 0.493 e. The Bertz CT molecular complexity index is 542. The van der Waals surface area contributed by atoms with Crippen molar-refractivity contribution in [3.63, 3.8) is 0 Å². The van der Waals surface area contributed by atoms with Crippen molar-refractivity contribution in [2.75, 3.05) is 0 Å². The summed E-state index contributed by atoms with van der Waals surface area (Å²) in [6, 6.07) is 8.77. The van der Waals surface area contributed by atoms with Gasteiger partial charge in [0.05, 0.1) is 0 Å². The zero-order valence-corrected chi connectivity index (χ0v) is 9.19. The number of benzene rings is 1. The topological polar surface area (TPSA) is 53.1 Å². The molecular formula is C10H7NO2S2. The van der Waals surface area contributed by atoms with E-state index in [1.807, 2.05) is 6.07 Å². The maximum Gasteiger partial charge on any atom is 0.212 e. The second-order valence-corrected chi connectivity index (χ2v) is 4.57. The Morgan fingerprint density at radius 2 is 2.00 bits per heavy atom. The SMILES string of the molecule is O=C(c1ccccc1)c1sc(=S)[nH]c1O. The van der Waals surface area contributed by atoms with Crippen molar-refractivity contribution in [1.82, 2.24) is 4.98 Å². The third-order valence-electron chi connectivity index (χ3n) is 1.87. The van der Waals surface area contributed by atoms with Crippen LogP contribution in [-0.4, -0.2) is 15.9 Å². The Hall–Kier alpha value is -1.46. The molecule has 1 heterocycles. The van der Waals surface area contributed by atoms with Crippen LogP contribution in [0.25, 0.3) is 0 Å². The Labute approximate surface area is 95.0 Å². The summed E-state index contributed by atoms with van der Waals surface area (Å²) >= 11 is 5.92. The first-order valence-electron chi connectivity index (χ1n) is 4.20. The van der Waals surface area contributed by atoms with Crippen LogP contribution in [-0.2, 0) is 0 Å². The second-order valence-electron chi connectivity index (χ2n) is 2.89. The maximum atomic E-state index is 11.9. The van der Waals surface area contributed by atoms with Gasteiger partial charge in [-0.1, -0.05) is 41.7 Å². The van der Waals surface area contributed by atoms with Crippen molar-refractivity contribution in [2.45, 2.75) is 0 Å². The van der Waals surface area contributed by atoms with Gasteiger partial charge in [-0.2, -0.15) is 0 Å². The van der Waals surface area contributed by atoms with Crippen molar-refractivity contribution in [3.8, 4) is 5.88 Å². The van der Waals surface area contributed by atoms with Crippen molar-refractivity contribution in [1.29, 1.82) is 0 Å². The molecule has 0 radical (unpaired) electrons. The molecule has 0 atom stereocenters. The summed E-state index contributed by atoms with van der Waals surface area (Å²) in [5.74, 6) is -0.371. The summed E-state index contributed by atoms with van der Waals surface area (Å²) in [6.45, 7) is 0. The lowest BCUT2D eigenvalue weighted by Gasteiger charge is -1.96. The number of aromatic amines is 1. The van der Waals surface area contributed by atoms with E-state index in [1.165, 1.54) is 0 Å². The van der Waals surface area contributed by atoms with Crippen LogP contribution >= 0.6 is 23.6 Å². The van der Waals surface area contributed by atoms with Gasteiger partial charge in [0.15, 0.2) is 3.95 Å². The van der Waals surface area contributed by atoms with E-state index in [-0.39, 0.29) is 16.5 Å². The fraction of sp³-hybridized carbons (Fsp3) is 0. The van der Waals surface area contributed by atoms with Gasteiger partial charge in [-0.15, -0.1) is 0 Å². The number of carbonyl (C=O) groups excluding carboxylic acids is 1. The average molecular weight is 237 g/mol. The van der Waals surface area contributed by atoms with Gasteiger partial charge in [-0.25, -0.2) is 0 Å². The van der Waals surface area contributed by atoms with Gasteiger partial charge in [0, 0.05) is 5.56 Å². The molecule has 2 aromatic rings. The summed E-state index contributed by atoms with van der Waals surface area (Å²) in [5.41, 5.74) is 0.540. The summed E-state index contributed by atoms with van der Waals surface area (Å²) < 4.78 is 0.395. The third kappa shape index (κ3) is 1.98. The van der Waals surface area contributed by atoms with E-state index >= 15 is 0 Å². The molecule has 3 nitrogen and oxygen atoms in total. The molecule has 0 unspecified atom stereocenters. The lowest BCUT2D eigenvalue weighted by atomic mass is 10.1. The lowest BCUT2D eigenvalue weighted by molar-refractivity contribution is 0.104. The first-order valence-corrected chi connectivity index (χ1v) is 5.43. The van der Waals surface area contributed by atoms with Crippen molar-refractivity contribution in [3.05, 3.63) is 44.7 Å². The summed E-state index contributed by atoms with van der Waals surface area (Å²) in [4.78, 5) is 14.6. The molecule has 0 bridgehead atoms. The van der Waals surface area contributed by atoms with E-state index in [9.17, 15) is 9.90 Å². The minimum atomic E-state index is -0.217. The summed E-state index contributed by atoms with van der Waals surface area (Å²) in [5, 5.41) is 9.43. The molecular weight excluding hydrogens is 230 g/mol. The van der Waals surface area contributed by atoms with Crippen molar-refractivity contribution in [2.24, 2.45) is 0 Å². The molecule has 0 saturated carbocycles. The maximum absolute atomic E-state index is 11.9. The molecule has 1 aromatic heterocycles. The van der Waals surface area contributed by atoms with Gasteiger partial charge >= 0.3 is 0 Å². The van der Waals surface area contributed by atoms with Crippen LogP contribution in [0.15, 0.2) is 30.3 Å². The van der Waals surface area contributed by atoms with Crippen molar-refractivity contribution < 1.29 is 9.90 Å². The molecule has 2 N–H and O–H groups in total. The standard InChI is InChI=1S/C10H7NO2S2/c12-7(6-4-2-1-3-5-6)8-9(13)11-10(14)15-8/h1-5,13H,(H,11,14). The average Bonchev–Trinajstić information content (AvgIpc) is 2.58. The number of hydrogen-bond acceptors (Lipinski definition) is 4. The van der Waals surface area contributed by atoms with Crippen LogP contribution < -0.4 is 0 Å². The number of hydrogen-bond donors (Lipinski definition) is 2. The van der Waals surface area contributed by atoms with Gasteiger partial charge < -0.3 is 10.1 Å². The van der Waals surface area contributed by atoms with E-state index in [0.717, 1.165) is 11.3 Å². The number of carbonyl (C=O) groups is 1. The normalized spacial score (nSPS) is 10.1. The third-order valence-corrected chi connectivity index (χ3v) is 3.09. The van der Waals surface area contributed by atoms with Gasteiger partial charge in [-0.3, -0.25) is 4.79 Å². The predicted molar refractivity (Wildman–Crippen MR) is 61.0 cm³/mol. The van der Waals surface area contributed by atoms with Crippen LogP contribution in [0, 0.1) is 3.95 Å². The molecule has 0 saturated heterocycles. The lowest BCUT2D eigenvalue weighted by Crippen LogP contribution is -1.98. The van der Waals surface area contributed by atoms with Gasteiger partial charge in [0.2, 0.25) is 11.7 Å². The smallest absolute Gasteiger partial charge is 0.212 e. The number of ketones is 1. The molecule has 0 aliphatic carbocycles. The highest BCUT2D eigenvalue weighted by Gasteiger charge is 2.15. The Kier molecular flexibility index (Phi) is 2.66. The number of nitrogens with one attached hydrogen (secondary N) is 1. The van der Waals surface area contributed by atoms with Gasteiger partial charge in [-0.05, 0) is 12.2 Å². The number of thiazole rings is 1. The first-order chi connectivity index (χ1) is 7.18. The van der Waals surface area contributed by atoms with Crippen molar-refractivity contribution >= 4 is 29.3 Å². The Balaban J connectivity index is 2.46. The molecule has 0 fully saturated rings. The molecule has 0 amide bonds. The molecule has 2 rings (SSSR count). The molecule has 0 aliphatic heterocycles. The molecule has 1 aromatic carbocycles. The molecule has 76 valence electrons. The van der Waals surface area contributed by atoms with Crippen LogP contribution in [0.5, 0.6) is 5.88 Å². The Morgan fingerprint density at radius 3 is 2.53 bits per heavy atom. The summed E-state index contributed by atoms with van der Waals surface area (Å²) in [7, 11) is 0. The molecule has 0 aliphatic rings. The monoisotopic (exact) mass is 237 g/mol. The minimum absolute atomic E-state index is 0.154. The van der Waals surface area contributed by atoms with E-state index in [1.54, 1.807) is 24.3 Å². The van der Waals surface area contributed by atoms with Crippen LogP contribution in [0.1, 0.15) is 15.2 Å². The van der Waals surface area contributed by atoms with E-state index < -0.39 is 0 Å². The van der Waals surface area contributed by atoms with E-state index in [0.29, 0.717) is 9.52 Å². The number of aromatic hydroxyl groups is 1. The fourth-order valence-electron chi connectivity index (χ4n) is 1.19. The molecule has 15 heavy (non-hydrogen) atoms. The first kappa shape index (κ1) is 10.1. The minimum Gasteiger partial charge on any atom is -0.493 e. The van der Waals surface area contributed by atoms with Gasteiger partial charge in [0.1, 0.15) is 4.88 Å². The van der Waals surface area contributed by atoms with E-state index in [2.05, 4.69) is 4.98 Å².